The van der Waals surface area contributed by atoms with Crippen LogP contribution in [-0.2, 0) is 24.8 Å². The minimum atomic E-state index is -3.48. The molecule has 7 nitrogen and oxygen atoms in total. The Kier molecular flexibility index (Phi) is 8.21. The van der Waals surface area contributed by atoms with Crippen LogP contribution < -0.4 is 0 Å². The molecule has 0 bridgehead atoms. The standard InChI is InChI=1S/C23H28N2O5S4/c26-19(7-9-20-11-13-22(31-20)33(27,28)24-15-3-1-4-16-24)8-10-21-12-14-23(32-21)34(29,30)25-17-5-2-6-18-25/h7-14H,1-6,15-18H2/b9-7+,10-8+. The van der Waals surface area contributed by atoms with Gasteiger partial charge in [0.2, 0.25) is 0 Å². The largest absolute Gasteiger partial charge is 0.290 e. The second-order valence-electron chi connectivity index (χ2n) is 8.31. The third kappa shape index (κ3) is 5.95. The quantitative estimate of drug-likeness (QED) is 0.461. The number of allylic oxidation sites excluding steroid dienone is 2. The SMILES string of the molecule is O=C(/C=C/c1ccc(S(=O)(=O)N2CCCCC2)s1)/C=C/c1ccc(S(=O)(=O)N2CCCCC2)s1. The molecule has 0 aliphatic carbocycles. The van der Waals surface area contributed by atoms with Crippen LogP contribution in [-0.4, -0.2) is 57.4 Å². The van der Waals surface area contributed by atoms with Gasteiger partial charge in [-0.05, 0) is 74.3 Å². The Labute approximate surface area is 209 Å². The number of thiophene rings is 2. The molecule has 0 atom stereocenters. The van der Waals surface area contributed by atoms with Gasteiger partial charge < -0.3 is 0 Å². The summed E-state index contributed by atoms with van der Waals surface area (Å²) in [7, 11) is -6.95. The summed E-state index contributed by atoms with van der Waals surface area (Å²) < 4.78 is 54.7. The van der Waals surface area contributed by atoms with E-state index in [0.717, 1.165) is 61.2 Å². The lowest BCUT2D eigenvalue weighted by atomic mass is 10.2. The molecule has 4 rings (SSSR count). The molecule has 0 saturated carbocycles. The molecule has 34 heavy (non-hydrogen) atoms. The van der Waals surface area contributed by atoms with Gasteiger partial charge in [-0.25, -0.2) is 16.8 Å². The van der Waals surface area contributed by atoms with E-state index in [4.69, 9.17) is 0 Å². The van der Waals surface area contributed by atoms with Crippen molar-refractivity contribution in [1.29, 1.82) is 0 Å². The van der Waals surface area contributed by atoms with Crippen LogP contribution in [0.4, 0.5) is 0 Å². The predicted octanol–water partition coefficient (Wildman–Crippen LogP) is 4.45. The van der Waals surface area contributed by atoms with Crippen LogP contribution in [0.25, 0.3) is 12.2 Å². The summed E-state index contributed by atoms with van der Waals surface area (Å²) >= 11 is 2.29. The van der Waals surface area contributed by atoms with Crippen molar-refractivity contribution in [3.05, 3.63) is 46.2 Å². The highest BCUT2D eigenvalue weighted by atomic mass is 32.3. The highest BCUT2D eigenvalue weighted by Crippen LogP contribution is 2.29. The third-order valence-corrected chi connectivity index (χ3v) is 12.7. The number of rotatable bonds is 8. The van der Waals surface area contributed by atoms with E-state index in [1.54, 1.807) is 36.4 Å². The zero-order chi connectivity index (χ0) is 24.2. The zero-order valence-electron chi connectivity index (χ0n) is 18.8. The molecule has 2 fully saturated rings. The van der Waals surface area contributed by atoms with Crippen LogP contribution in [0.3, 0.4) is 0 Å². The number of carbonyl (C=O) groups is 1. The number of nitrogens with zero attached hydrogens (tertiary/aromatic N) is 2. The number of piperidine rings is 2. The van der Waals surface area contributed by atoms with Gasteiger partial charge in [0.25, 0.3) is 20.0 Å². The maximum Gasteiger partial charge on any atom is 0.252 e. The normalized spacial score (nSPS) is 19.3. The Balaban J connectivity index is 1.37. The third-order valence-electron chi connectivity index (χ3n) is 5.85. The van der Waals surface area contributed by atoms with Crippen molar-refractivity contribution in [1.82, 2.24) is 8.61 Å². The van der Waals surface area contributed by atoms with E-state index < -0.39 is 20.0 Å². The molecule has 4 heterocycles. The van der Waals surface area contributed by atoms with E-state index in [2.05, 4.69) is 0 Å². The molecule has 2 aromatic rings. The molecule has 2 aliphatic rings. The van der Waals surface area contributed by atoms with Crippen molar-refractivity contribution >= 4 is 60.7 Å². The van der Waals surface area contributed by atoms with Crippen molar-refractivity contribution in [2.75, 3.05) is 26.2 Å². The highest BCUT2D eigenvalue weighted by molar-refractivity contribution is 7.91. The van der Waals surface area contributed by atoms with Crippen molar-refractivity contribution in [2.24, 2.45) is 0 Å². The number of sulfonamides is 2. The van der Waals surface area contributed by atoms with E-state index in [0.29, 0.717) is 35.9 Å². The van der Waals surface area contributed by atoms with Crippen LogP contribution in [0.15, 0.2) is 44.8 Å². The van der Waals surface area contributed by atoms with Gasteiger partial charge in [-0.15, -0.1) is 22.7 Å². The lowest BCUT2D eigenvalue weighted by Gasteiger charge is -2.25. The molecule has 2 aromatic heterocycles. The number of hydrogen-bond donors (Lipinski definition) is 0. The summed E-state index contributed by atoms with van der Waals surface area (Å²) in [6, 6.07) is 6.58. The van der Waals surface area contributed by atoms with Crippen molar-refractivity contribution in [3.63, 3.8) is 0 Å². The Morgan fingerprint density at radius 3 is 1.41 bits per heavy atom. The molecule has 2 saturated heterocycles. The predicted molar refractivity (Wildman–Crippen MR) is 137 cm³/mol. The Bertz CT molecular complexity index is 1180. The molecule has 0 spiro atoms. The molecule has 184 valence electrons. The number of carbonyl (C=O) groups excluding carboxylic acids is 1. The summed E-state index contributed by atoms with van der Waals surface area (Å²) in [4.78, 5) is 13.6. The topological polar surface area (TPSA) is 91.8 Å². The summed E-state index contributed by atoms with van der Waals surface area (Å²) in [6.45, 7) is 2.22. The fraction of sp³-hybridized carbons (Fsp3) is 0.435. The average molecular weight is 541 g/mol. The van der Waals surface area contributed by atoms with Crippen molar-refractivity contribution in [3.8, 4) is 0 Å². The second-order valence-corrected chi connectivity index (χ2v) is 14.9. The van der Waals surface area contributed by atoms with Crippen LogP contribution in [0.1, 0.15) is 48.3 Å². The van der Waals surface area contributed by atoms with Gasteiger partial charge in [-0.3, -0.25) is 4.79 Å². The molecule has 0 N–H and O–H groups in total. The molecule has 0 unspecified atom stereocenters. The van der Waals surface area contributed by atoms with Gasteiger partial charge in [-0.2, -0.15) is 8.61 Å². The first-order valence-corrected chi connectivity index (χ1v) is 15.9. The summed E-state index contributed by atoms with van der Waals surface area (Å²) in [5.41, 5.74) is 0. The van der Waals surface area contributed by atoms with Crippen molar-refractivity contribution in [2.45, 2.75) is 46.9 Å². The monoisotopic (exact) mass is 540 g/mol. The van der Waals surface area contributed by atoms with Crippen LogP contribution in [0.2, 0.25) is 0 Å². The average Bonchev–Trinajstić information content (AvgIpc) is 3.53. The molecular formula is C23H28N2O5S4. The van der Waals surface area contributed by atoms with Crippen LogP contribution in [0.5, 0.6) is 0 Å². The maximum atomic E-state index is 12.8. The lowest BCUT2D eigenvalue weighted by Crippen LogP contribution is -2.35. The lowest BCUT2D eigenvalue weighted by molar-refractivity contribution is -0.110. The molecule has 0 aromatic carbocycles. The highest BCUT2D eigenvalue weighted by Gasteiger charge is 2.28. The Morgan fingerprint density at radius 1 is 0.647 bits per heavy atom. The van der Waals surface area contributed by atoms with E-state index in [9.17, 15) is 21.6 Å². The van der Waals surface area contributed by atoms with Crippen molar-refractivity contribution < 1.29 is 21.6 Å². The van der Waals surface area contributed by atoms with Gasteiger partial charge in [-0.1, -0.05) is 12.8 Å². The van der Waals surface area contributed by atoms with Gasteiger partial charge in [0.15, 0.2) is 5.78 Å². The van der Waals surface area contributed by atoms with Crippen LogP contribution in [0, 0.1) is 0 Å². The minimum absolute atomic E-state index is 0.261. The Hall–Kier alpha value is -1.63. The first kappa shape index (κ1) is 25.5. The van der Waals surface area contributed by atoms with Gasteiger partial charge >= 0.3 is 0 Å². The fourth-order valence-electron chi connectivity index (χ4n) is 3.97. The second kappa shape index (κ2) is 11.0. The van der Waals surface area contributed by atoms with E-state index in [1.807, 2.05) is 0 Å². The molecule has 0 amide bonds. The van der Waals surface area contributed by atoms with E-state index in [1.165, 1.54) is 20.8 Å². The molecule has 11 heteroatoms. The maximum absolute atomic E-state index is 12.8. The summed E-state index contributed by atoms with van der Waals surface area (Å²) in [5.74, 6) is -0.261. The van der Waals surface area contributed by atoms with Gasteiger partial charge in [0, 0.05) is 35.9 Å². The van der Waals surface area contributed by atoms with E-state index >= 15 is 0 Å². The molecule has 0 radical (unpaired) electrons. The first-order chi connectivity index (χ1) is 16.3. The number of ketones is 1. The summed E-state index contributed by atoms with van der Waals surface area (Å²) in [5, 5.41) is 0. The fourth-order valence-corrected chi connectivity index (χ4v) is 9.77. The summed E-state index contributed by atoms with van der Waals surface area (Å²) in [6.07, 6.45) is 11.6. The van der Waals surface area contributed by atoms with Gasteiger partial charge in [0.05, 0.1) is 0 Å². The first-order valence-electron chi connectivity index (χ1n) is 11.4. The molecule has 2 aliphatic heterocycles. The Morgan fingerprint density at radius 2 is 1.03 bits per heavy atom. The minimum Gasteiger partial charge on any atom is -0.290 e. The van der Waals surface area contributed by atoms with Gasteiger partial charge in [0.1, 0.15) is 8.42 Å². The number of hydrogen-bond acceptors (Lipinski definition) is 7. The molecular weight excluding hydrogens is 513 g/mol. The van der Waals surface area contributed by atoms with E-state index in [-0.39, 0.29) is 14.2 Å². The van der Waals surface area contributed by atoms with Crippen LogP contribution >= 0.6 is 22.7 Å². The zero-order valence-corrected chi connectivity index (χ0v) is 22.0. The smallest absolute Gasteiger partial charge is 0.252 e.